The lowest BCUT2D eigenvalue weighted by Crippen LogP contribution is -2.42. The van der Waals surface area contributed by atoms with Crippen LogP contribution in [-0.4, -0.2) is 20.4 Å². The van der Waals surface area contributed by atoms with E-state index in [1.54, 1.807) is 0 Å². The summed E-state index contributed by atoms with van der Waals surface area (Å²) in [5.74, 6) is -0.206. The Balaban J connectivity index is 2.96. The maximum absolute atomic E-state index is 12.1. The number of esters is 1. The van der Waals surface area contributed by atoms with Crippen molar-refractivity contribution in [2.45, 2.75) is 71.4 Å². The van der Waals surface area contributed by atoms with Crippen LogP contribution in [0.2, 0.25) is 18.1 Å². The molecular weight excluding hydrogens is 292 g/mol. The molecule has 1 aromatic rings. The van der Waals surface area contributed by atoms with Crippen LogP contribution in [0.4, 0.5) is 0 Å². The molecule has 0 aromatic heterocycles. The third-order valence-electron chi connectivity index (χ3n) is 4.13. The van der Waals surface area contributed by atoms with Gasteiger partial charge >= 0.3 is 5.97 Å². The van der Waals surface area contributed by atoms with Crippen LogP contribution in [0.3, 0.4) is 0 Å². The average Bonchev–Trinajstić information content (AvgIpc) is 2.36. The van der Waals surface area contributed by atoms with Gasteiger partial charge in [-0.2, -0.15) is 0 Å². The lowest BCUT2D eigenvalue weighted by molar-refractivity contribution is -0.149. The van der Waals surface area contributed by atoms with E-state index in [1.807, 2.05) is 44.2 Å². The van der Waals surface area contributed by atoms with Gasteiger partial charge in [-0.25, -0.2) is 0 Å². The van der Waals surface area contributed by atoms with Gasteiger partial charge in [0.05, 0.1) is 18.6 Å². The first kappa shape index (κ1) is 18.9. The molecule has 1 atom stereocenters. The summed E-state index contributed by atoms with van der Waals surface area (Å²) < 4.78 is 11.8. The fraction of sp³-hybridized carbons (Fsp3) is 0.611. The van der Waals surface area contributed by atoms with Crippen molar-refractivity contribution >= 4 is 14.3 Å². The predicted molar refractivity (Wildman–Crippen MR) is 93.3 cm³/mol. The summed E-state index contributed by atoms with van der Waals surface area (Å²) in [4.78, 5) is 12.1. The van der Waals surface area contributed by atoms with Gasteiger partial charge in [0.15, 0.2) is 8.32 Å². The molecule has 0 saturated carbocycles. The summed E-state index contributed by atoms with van der Waals surface area (Å²) in [6.45, 7) is 14.7. The Kier molecular flexibility index (Phi) is 6.38. The van der Waals surface area contributed by atoms with Crippen LogP contribution in [0.15, 0.2) is 30.3 Å². The topological polar surface area (TPSA) is 35.5 Å². The van der Waals surface area contributed by atoms with Crippen LogP contribution in [0.25, 0.3) is 0 Å². The predicted octanol–water partition coefficient (Wildman–Crippen LogP) is 5.09. The van der Waals surface area contributed by atoms with Crippen LogP contribution in [0.5, 0.6) is 0 Å². The minimum Gasteiger partial charge on any atom is -0.463 e. The molecule has 22 heavy (non-hydrogen) atoms. The second-order valence-corrected chi connectivity index (χ2v) is 12.3. The number of benzene rings is 1. The molecule has 0 saturated heterocycles. The van der Waals surface area contributed by atoms with E-state index in [-0.39, 0.29) is 29.6 Å². The molecule has 0 aliphatic rings. The molecule has 1 aromatic carbocycles. The highest BCUT2D eigenvalue weighted by Gasteiger charge is 2.40. The van der Waals surface area contributed by atoms with Gasteiger partial charge < -0.3 is 9.16 Å². The van der Waals surface area contributed by atoms with Crippen LogP contribution in [0.1, 0.15) is 52.7 Å². The van der Waals surface area contributed by atoms with Gasteiger partial charge in [-0.3, -0.25) is 4.79 Å². The number of hydrogen-bond acceptors (Lipinski definition) is 3. The molecule has 124 valence electrons. The van der Waals surface area contributed by atoms with E-state index in [1.165, 1.54) is 0 Å². The quantitative estimate of drug-likeness (QED) is 0.540. The Bertz CT molecular complexity index is 475. The Morgan fingerprint density at radius 2 is 1.68 bits per heavy atom. The number of carbonyl (C=O) groups is 1. The number of rotatable bonds is 6. The first-order valence-electron chi connectivity index (χ1n) is 7.95. The van der Waals surface area contributed by atoms with Crippen molar-refractivity contribution in [1.29, 1.82) is 0 Å². The minimum atomic E-state index is -1.97. The van der Waals surface area contributed by atoms with Crippen molar-refractivity contribution in [2.24, 2.45) is 0 Å². The van der Waals surface area contributed by atoms with E-state index in [4.69, 9.17) is 9.16 Å². The maximum Gasteiger partial charge on any atom is 0.308 e. The van der Waals surface area contributed by atoms with Gasteiger partial charge in [-0.05, 0) is 37.5 Å². The molecule has 0 spiro atoms. The van der Waals surface area contributed by atoms with Crippen molar-refractivity contribution in [1.82, 2.24) is 0 Å². The summed E-state index contributed by atoms with van der Waals surface area (Å²) in [6.07, 6.45) is -0.0838. The van der Waals surface area contributed by atoms with Gasteiger partial charge in [0.1, 0.15) is 0 Å². The first-order chi connectivity index (χ1) is 10.0. The smallest absolute Gasteiger partial charge is 0.308 e. The third-order valence-corrected chi connectivity index (χ3v) is 8.62. The monoisotopic (exact) mass is 322 g/mol. The van der Waals surface area contributed by atoms with Gasteiger partial charge in [-0.1, -0.05) is 51.1 Å². The van der Waals surface area contributed by atoms with E-state index < -0.39 is 8.32 Å². The summed E-state index contributed by atoms with van der Waals surface area (Å²) in [5, 5.41) is 0.0992. The SMILES string of the molecule is CC(C)OC(=O)C[C@@H](O[Si](C)(C)C(C)(C)C)c1ccccc1. The highest BCUT2D eigenvalue weighted by molar-refractivity contribution is 6.74. The molecule has 0 N–H and O–H groups in total. The minimum absolute atomic E-state index is 0.0992. The van der Waals surface area contributed by atoms with Gasteiger partial charge in [-0.15, -0.1) is 0 Å². The summed E-state index contributed by atoms with van der Waals surface area (Å²) in [5.41, 5.74) is 1.04. The van der Waals surface area contributed by atoms with E-state index in [9.17, 15) is 4.79 Å². The van der Waals surface area contributed by atoms with Gasteiger partial charge in [0.2, 0.25) is 0 Å². The molecule has 0 radical (unpaired) electrons. The van der Waals surface area contributed by atoms with E-state index >= 15 is 0 Å². The summed E-state index contributed by atoms with van der Waals surface area (Å²) in [7, 11) is -1.97. The molecular formula is C18H30O3Si. The molecule has 0 heterocycles. The van der Waals surface area contributed by atoms with Crippen LogP contribution in [-0.2, 0) is 14.0 Å². The zero-order chi connectivity index (χ0) is 17.0. The molecule has 0 aliphatic heterocycles. The normalized spacial score (nSPS) is 14.0. The van der Waals surface area contributed by atoms with Gasteiger partial charge in [0.25, 0.3) is 0 Å². The molecule has 0 bridgehead atoms. The maximum atomic E-state index is 12.1. The Morgan fingerprint density at radius 1 is 1.14 bits per heavy atom. The van der Waals surface area contributed by atoms with E-state index in [2.05, 4.69) is 33.9 Å². The van der Waals surface area contributed by atoms with Crippen LogP contribution in [0, 0.1) is 0 Å². The summed E-state index contributed by atoms with van der Waals surface area (Å²) >= 11 is 0. The standard InChI is InChI=1S/C18H30O3Si/c1-14(2)20-17(19)13-16(15-11-9-8-10-12-15)21-22(6,7)18(3,4)5/h8-12,14,16H,13H2,1-7H3/t16-/m1/s1. The Hall–Kier alpha value is -1.13. The third kappa shape index (κ3) is 5.58. The Morgan fingerprint density at radius 3 is 2.14 bits per heavy atom. The van der Waals surface area contributed by atoms with Crippen molar-refractivity contribution in [3.05, 3.63) is 35.9 Å². The zero-order valence-corrected chi connectivity index (χ0v) is 16.0. The average molecular weight is 323 g/mol. The van der Waals surface area contributed by atoms with E-state index in [0.717, 1.165) is 5.56 Å². The van der Waals surface area contributed by atoms with Crippen LogP contribution >= 0.6 is 0 Å². The second-order valence-electron chi connectivity index (χ2n) is 7.52. The van der Waals surface area contributed by atoms with Gasteiger partial charge in [0, 0.05) is 0 Å². The van der Waals surface area contributed by atoms with Crippen molar-refractivity contribution in [3.8, 4) is 0 Å². The molecule has 0 unspecified atom stereocenters. The fourth-order valence-electron chi connectivity index (χ4n) is 1.89. The Labute approximate surface area is 136 Å². The fourth-order valence-corrected chi connectivity index (χ4v) is 3.17. The highest BCUT2D eigenvalue weighted by atomic mass is 28.4. The van der Waals surface area contributed by atoms with Crippen LogP contribution < -0.4 is 0 Å². The number of carbonyl (C=O) groups excluding carboxylic acids is 1. The second kappa shape index (κ2) is 7.42. The molecule has 0 aliphatic carbocycles. The van der Waals surface area contributed by atoms with E-state index in [0.29, 0.717) is 0 Å². The molecule has 0 fully saturated rings. The lowest BCUT2D eigenvalue weighted by Gasteiger charge is -2.39. The molecule has 0 amide bonds. The van der Waals surface area contributed by atoms with Crippen molar-refractivity contribution in [2.75, 3.05) is 0 Å². The number of hydrogen-bond donors (Lipinski definition) is 0. The number of ether oxygens (including phenoxy) is 1. The van der Waals surface area contributed by atoms with Crippen molar-refractivity contribution in [3.63, 3.8) is 0 Å². The van der Waals surface area contributed by atoms with Crippen molar-refractivity contribution < 1.29 is 14.0 Å². The molecule has 3 nitrogen and oxygen atoms in total. The summed E-state index contributed by atoms with van der Waals surface area (Å²) in [6, 6.07) is 9.95. The largest absolute Gasteiger partial charge is 0.463 e. The first-order valence-corrected chi connectivity index (χ1v) is 10.9. The molecule has 1 rings (SSSR count). The lowest BCUT2D eigenvalue weighted by atomic mass is 10.1. The molecule has 4 heteroatoms. The zero-order valence-electron chi connectivity index (χ0n) is 15.0. The highest BCUT2D eigenvalue weighted by Crippen LogP contribution is 2.40.